The molecule has 0 amide bonds. The van der Waals surface area contributed by atoms with Gasteiger partial charge in [-0.3, -0.25) is 0 Å². The van der Waals surface area contributed by atoms with Crippen molar-refractivity contribution >= 4 is 104 Å². The number of pyridine rings is 1. The van der Waals surface area contributed by atoms with Gasteiger partial charge in [-0.15, -0.1) is 16.3 Å². The second kappa shape index (κ2) is 22.7. The smallest absolute Gasteiger partial charge is 0.463 e. The van der Waals surface area contributed by atoms with Crippen molar-refractivity contribution in [1.82, 2.24) is 0 Å². The Hall–Kier alpha value is -6.67. The van der Waals surface area contributed by atoms with Gasteiger partial charge in [-0.05, 0) is 76.4 Å². The van der Waals surface area contributed by atoms with Gasteiger partial charge in [0.1, 0.15) is 16.5 Å². The van der Waals surface area contributed by atoms with E-state index in [1.54, 1.807) is 41.5 Å². The van der Waals surface area contributed by atoms with Crippen LogP contribution >= 0.6 is 22.7 Å². The molecule has 0 bridgehead atoms. The van der Waals surface area contributed by atoms with Crippen molar-refractivity contribution in [2.24, 2.45) is 22.0 Å². The summed E-state index contributed by atoms with van der Waals surface area (Å²) in [6.45, 7) is 0. The summed E-state index contributed by atoms with van der Waals surface area (Å²) in [5.74, 6) is 1.46. The minimum Gasteiger partial charge on any atom is -1.00 e. The standard InChI is InChI=1S/C19H15N2O.C18H12NO2.C18H12NS2.2ClH.HI/c1-21-17-8-4-2-6-14(17)10-11-19(21)20-16-12-13-22-18-9-5-3-7-15(16)18;1-3-7-15-13(5-1)9-11-20-17(15)19-18-16-8-4-2-6-14(16)10-12-21-18;1-3-7-17-13(5-1)15(9-11-20-17)19-16-10-12-21-18-8-4-2-6-14(16)18;;;/h2-13H,1H3;2*1-12H;3*1H/q3*+1;;;/p-3. The molecule has 0 N–H and O–H groups in total. The molecule has 12 rings (SSSR count). The van der Waals surface area contributed by atoms with Crippen molar-refractivity contribution in [2.45, 2.75) is 0 Å². The lowest BCUT2D eigenvalue weighted by Crippen LogP contribution is -3.00. The van der Waals surface area contributed by atoms with E-state index in [-0.39, 0.29) is 48.8 Å². The third kappa shape index (κ3) is 10.8. The first-order chi connectivity index (χ1) is 31.7. The number of rotatable bonds is 3. The Balaban J connectivity index is 0.000000146. The van der Waals surface area contributed by atoms with Gasteiger partial charge >= 0.3 is 18.0 Å². The molecule has 6 aromatic heterocycles. The summed E-state index contributed by atoms with van der Waals surface area (Å²) < 4.78 is 21.3. The summed E-state index contributed by atoms with van der Waals surface area (Å²) in [5, 5.41) is 14.9. The predicted octanol–water partition coefficient (Wildman–Crippen LogP) is 4.98. The quantitative estimate of drug-likeness (QED) is 0.143. The number of nitrogens with zero attached hydrogens (tertiary/aromatic N) is 4. The number of hydrogen-bond donors (Lipinski definition) is 0. The number of halogens is 3. The molecule has 12 heteroatoms. The van der Waals surface area contributed by atoms with Gasteiger partial charge in [0.2, 0.25) is 21.6 Å². The zero-order valence-electron chi connectivity index (χ0n) is 35.7. The number of aryl methyl sites for hydroxylation is 1. The molecule has 0 aliphatic carbocycles. The molecule has 330 valence electrons. The van der Waals surface area contributed by atoms with Crippen LogP contribution < -0.4 is 69.6 Å². The molecule has 6 heterocycles. The summed E-state index contributed by atoms with van der Waals surface area (Å²) in [4.78, 5) is 14.3. The van der Waals surface area contributed by atoms with Crippen LogP contribution in [0, 0.1) is 0 Å². The molecule has 0 aliphatic heterocycles. The van der Waals surface area contributed by atoms with Crippen LogP contribution in [0.1, 0.15) is 0 Å². The van der Waals surface area contributed by atoms with Gasteiger partial charge in [0.15, 0.2) is 10.7 Å². The lowest BCUT2D eigenvalue weighted by molar-refractivity contribution is -0.631. The van der Waals surface area contributed by atoms with Crippen molar-refractivity contribution in [3.05, 3.63) is 234 Å². The summed E-state index contributed by atoms with van der Waals surface area (Å²) in [7, 11) is 2.04. The van der Waals surface area contributed by atoms with Crippen molar-refractivity contribution in [3.63, 3.8) is 0 Å². The van der Waals surface area contributed by atoms with Gasteiger partial charge < -0.3 is 57.6 Å². The number of aromatic nitrogens is 1. The van der Waals surface area contributed by atoms with Crippen molar-refractivity contribution in [3.8, 4) is 0 Å². The van der Waals surface area contributed by atoms with E-state index in [1.807, 2.05) is 116 Å². The molecular formula is C55H39Cl2IN4O3S2. The van der Waals surface area contributed by atoms with Crippen LogP contribution in [0.3, 0.4) is 0 Å². The van der Waals surface area contributed by atoms with Crippen LogP contribution in [0.25, 0.3) is 63.6 Å². The number of fused-ring (bicyclic) bond motifs is 6. The Labute approximate surface area is 422 Å². The highest BCUT2D eigenvalue weighted by Gasteiger charge is 2.14. The molecule has 0 atom stereocenters. The fourth-order valence-corrected chi connectivity index (χ4v) is 9.13. The minimum absolute atomic E-state index is 0. The van der Waals surface area contributed by atoms with E-state index < -0.39 is 0 Å². The van der Waals surface area contributed by atoms with Crippen LogP contribution in [-0.2, 0) is 7.05 Å². The van der Waals surface area contributed by atoms with Gasteiger partial charge in [0.25, 0.3) is 0 Å². The first-order valence-electron chi connectivity index (χ1n) is 20.7. The Morgan fingerprint density at radius 1 is 0.522 bits per heavy atom. The second-order valence-electron chi connectivity index (χ2n) is 14.7. The van der Waals surface area contributed by atoms with Gasteiger partial charge in [0, 0.05) is 56.6 Å². The molecule has 0 saturated carbocycles. The molecule has 7 nitrogen and oxygen atoms in total. The molecule has 67 heavy (non-hydrogen) atoms. The summed E-state index contributed by atoms with van der Waals surface area (Å²) >= 11 is 3.49. The molecule has 0 fully saturated rings. The molecule has 0 saturated heterocycles. The Morgan fingerprint density at radius 2 is 1.16 bits per heavy atom. The molecule has 0 unspecified atom stereocenters. The first-order valence-corrected chi connectivity index (χ1v) is 22.4. The highest BCUT2D eigenvalue weighted by molar-refractivity contribution is 7.17. The normalized spacial score (nSPS) is 11.6. The lowest BCUT2D eigenvalue weighted by Gasteiger charge is -2.00. The topological polar surface area (TPSA) is 78.5 Å². The fourth-order valence-electron chi connectivity index (χ4n) is 7.53. The largest absolute Gasteiger partial charge is 1.00 e. The Kier molecular flexibility index (Phi) is 16.3. The van der Waals surface area contributed by atoms with Crippen LogP contribution in [0.15, 0.2) is 246 Å². The summed E-state index contributed by atoms with van der Waals surface area (Å²) in [6.07, 6.45) is 4.97. The molecule has 0 spiro atoms. The zero-order chi connectivity index (χ0) is 43.1. The monoisotopic (exact) mass is 1060 g/mol. The van der Waals surface area contributed by atoms with E-state index in [0.29, 0.717) is 11.4 Å². The third-order valence-electron chi connectivity index (χ3n) is 10.7. The van der Waals surface area contributed by atoms with Gasteiger partial charge in [-0.1, -0.05) is 97.1 Å². The summed E-state index contributed by atoms with van der Waals surface area (Å²) in [6, 6.07) is 63.1. The SMILES string of the molecule is C[n+]1c(N=c2ccoc3ccccc23)ccc2ccccc21.[Cl-].[Cl-].[I-].c1ccc2c(=Nc3cc[s+]c4ccccc34)ccsc2c1.c1ccc2c(N=c3occc4ccccc34)[o+]ccc2c1. The van der Waals surface area contributed by atoms with Crippen LogP contribution in [0.5, 0.6) is 0 Å². The van der Waals surface area contributed by atoms with Crippen molar-refractivity contribution in [2.75, 3.05) is 0 Å². The summed E-state index contributed by atoms with van der Waals surface area (Å²) in [5.41, 5.74) is 3.58. The third-order valence-corrected chi connectivity index (χ3v) is 12.5. The number of benzene rings is 6. The molecule has 0 radical (unpaired) electrons. The van der Waals surface area contributed by atoms with Crippen LogP contribution in [-0.4, -0.2) is 0 Å². The predicted molar refractivity (Wildman–Crippen MR) is 262 cm³/mol. The van der Waals surface area contributed by atoms with E-state index in [4.69, 9.17) is 23.2 Å². The van der Waals surface area contributed by atoms with Crippen LogP contribution in [0.2, 0.25) is 0 Å². The van der Waals surface area contributed by atoms with Crippen molar-refractivity contribution in [1.29, 1.82) is 0 Å². The van der Waals surface area contributed by atoms with Crippen molar-refractivity contribution < 1.29 is 66.6 Å². The average molecular weight is 1070 g/mol. The van der Waals surface area contributed by atoms with E-state index in [2.05, 4.69) is 99.2 Å². The first kappa shape index (κ1) is 48.3. The Bertz CT molecular complexity index is 3690. The highest BCUT2D eigenvalue weighted by atomic mass is 127. The van der Waals surface area contributed by atoms with E-state index in [0.717, 1.165) is 60.3 Å². The van der Waals surface area contributed by atoms with E-state index in [9.17, 15) is 0 Å². The maximum absolute atomic E-state index is 5.57. The molecular weight excluding hydrogens is 1030 g/mol. The van der Waals surface area contributed by atoms with Gasteiger partial charge in [0.05, 0.1) is 41.4 Å². The maximum Gasteiger partial charge on any atom is 0.463 e. The minimum atomic E-state index is 0. The molecule has 12 aromatic rings. The highest BCUT2D eigenvalue weighted by Crippen LogP contribution is 2.29. The lowest BCUT2D eigenvalue weighted by atomic mass is 10.2. The molecule has 6 aromatic carbocycles. The second-order valence-corrected chi connectivity index (χ2v) is 16.6. The number of para-hydroxylation sites is 2. The fraction of sp³-hybridized carbons (Fsp3) is 0.0182. The van der Waals surface area contributed by atoms with Gasteiger partial charge in [-0.25, -0.2) is 9.56 Å². The van der Waals surface area contributed by atoms with E-state index in [1.165, 1.54) is 25.6 Å². The maximum atomic E-state index is 5.57. The zero-order valence-corrected chi connectivity index (χ0v) is 41.1. The average Bonchev–Trinajstić information content (AvgIpc) is 3.36. The Morgan fingerprint density at radius 3 is 2.00 bits per heavy atom. The number of hydrogen-bond acceptors (Lipinski definition) is 6. The molecule has 0 aliphatic rings. The van der Waals surface area contributed by atoms with Gasteiger partial charge in [-0.2, -0.15) is 4.42 Å². The van der Waals surface area contributed by atoms with Crippen LogP contribution in [0.4, 0.5) is 17.4 Å². The van der Waals surface area contributed by atoms with E-state index >= 15 is 0 Å².